The second-order valence-corrected chi connectivity index (χ2v) is 6.28. The molecule has 1 amide bonds. The highest BCUT2D eigenvalue weighted by Gasteiger charge is 2.36. The van der Waals surface area contributed by atoms with Gasteiger partial charge in [0, 0.05) is 22.7 Å². The highest BCUT2D eigenvalue weighted by atomic mass is 35.5. The smallest absolute Gasteiger partial charge is 0.412 e. The molecule has 104 valence electrons. The van der Waals surface area contributed by atoms with Crippen molar-refractivity contribution in [3.8, 4) is 0 Å². The summed E-state index contributed by atoms with van der Waals surface area (Å²) in [4.78, 5) is 11.7. The van der Waals surface area contributed by atoms with E-state index in [0.29, 0.717) is 16.6 Å². The van der Waals surface area contributed by atoms with Gasteiger partial charge >= 0.3 is 6.09 Å². The zero-order valence-electron chi connectivity index (χ0n) is 11.4. The van der Waals surface area contributed by atoms with Crippen molar-refractivity contribution < 1.29 is 9.53 Å². The molecule has 0 heterocycles. The second kappa shape index (κ2) is 5.02. The van der Waals surface area contributed by atoms with Gasteiger partial charge in [-0.2, -0.15) is 0 Å². The lowest BCUT2D eigenvalue weighted by Gasteiger charge is -2.20. The van der Waals surface area contributed by atoms with Crippen LogP contribution in [0.15, 0.2) is 18.2 Å². The molecule has 0 saturated heterocycles. The van der Waals surface area contributed by atoms with Crippen molar-refractivity contribution in [2.45, 2.75) is 44.8 Å². The summed E-state index contributed by atoms with van der Waals surface area (Å²) >= 11 is 6.14. The normalized spacial score (nSPS) is 21.9. The standard InChI is InChI=1S/C14H19ClN2O2/c1-14(2,3)19-13(18)17-8-4-5-11(15)9(6-8)10-7-12(10)16/h4-6,10,12H,7,16H2,1-3H3,(H,17,18)/t10-,12+/m0/s1. The zero-order chi connectivity index (χ0) is 14.2. The Kier molecular flexibility index (Phi) is 3.74. The summed E-state index contributed by atoms with van der Waals surface area (Å²) in [5, 5.41) is 3.39. The number of hydrogen-bond donors (Lipinski definition) is 2. The van der Waals surface area contributed by atoms with Crippen LogP contribution < -0.4 is 11.1 Å². The molecule has 0 radical (unpaired) electrons. The van der Waals surface area contributed by atoms with E-state index in [1.807, 2.05) is 26.8 Å². The van der Waals surface area contributed by atoms with Crippen LogP contribution >= 0.6 is 11.6 Å². The summed E-state index contributed by atoms with van der Waals surface area (Å²) in [5.41, 5.74) is 6.98. The molecule has 0 unspecified atom stereocenters. The van der Waals surface area contributed by atoms with Crippen molar-refractivity contribution in [2.75, 3.05) is 5.32 Å². The van der Waals surface area contributed by atoms with Crippen LogP contribution in [0.25, 0.3) is 0 Å². The molecule has 5 heteroatoms. The van der Waals surface area contributed by atoms with Crippen LogP contribution in [0, 0.1) is 0 Å². The third-order valence-electron chi connectivity index (χ3n) is 2.88. The first-order valence-electron chi connectivity index (χ1n) is 6.31. The van der Waals surface area contributed by atoms with Crippen molar-refractivity contribution in [1.29, 1.82) is 0 Å². The number of anilines is 1. The number of amides is 1. The number of rotatable bonds is 2. The Morgan fingerprint density at radius 2 is 2.11 bits per heavy atom. The van der Waals surface area contributed by atoms with E-state index in [0.717, 1.165) is 12.0 Å². The Morgan fingerprint density at radius 3 is 2.63 bits per heavy atom. The van der Waals surface area contributed by atoms with Gasteiger partial charge in [-0.25, -0.2) is 4.79 Å². The molecular formula is C14H19ClN2O2. The average molecular weight is 283 g/mol. The number of nitrogens with two attached hydrogens (primary N) is 1. The lowest BCUT2D eigenvalue weighted by atomic mass is 10.1. The number of carbonyl (C=O) groups excluding carboxylic acids is 1. The lowest BCUT2D eigenvalue weighted by molar-refractivity contribution is 0.0636. The van der Waals surface area contributed by atoms with Gasteiger partial charge in [0.1, 0.15) is 5.60 Å². The van der Waals surface area contributed by atoms with Gasteiger partial charge in [0.2, 0.25) is 0 Å². The molecule has 1 fully saturated rings. The molecule has 0 spiro atoms. The molecule has 1 aromatic rings. The first-order valence-corrected chi connectivity index (χ1v) is 6.69. The van der Waals surface area contributed by atoms with Crippen molar-refractivity contribution >= 4 is 23.4 Å². The molecule has 19 heavy (non-hydrogen) atoms. The number of nitrogens with one attached hydrogen (secondary N) is 1. The van der Waals surface area contributed by atoms with Crippen molar-refractivity contribution in [1.82, 2.24) is 0 Å². The minimum absolute atomic E-state index is 0.175. The quantitative estimate of drug-likeness (QED) is 0.872. The largest absolute Gasteiger partial charge is 0.444 e. The van der Waals surface area contributed by atoms with Crippen molar-refractivity contribution in [2.24, 2.45) is 5.73 Å². The van der Waals surface area contributed by atoms with E-state index >= 15 is 0 Å². The number of ether oxygens (including phenoxy) is 1. The molecule has 1 aromatic carbocycles. The summed E-state index contributed by atoms with van der Waals surface area (Å²) in [6.45, 7) is 5.47. The molecule has 2 rings (SSSR count). The Hall–Kier alpha value is -1.26. The average Bonchev–Trinajstić information content (AvgIpc) is 2.95. The highest BCUT2D eigenvalue weighted by molar-refractivity contribution is 6.31. The van der Waals surface area contributed by atoms with E-state index < -0.39 is 11.7 Å². The summed E-state index contributed by atoms with van der Waals surface area (Å²) in [7, 11) is 0. The van der Waals surface area contributed by atoms with E-state index in [4.69, 9.17) is 22.1 Å². The first kappa shape index (κ1) is 14.2. The van der Waals surface area contributed by atoms with Crippen LogP contribution in [0.5, 0.6) is 0 Å². The SMILES string of the molecule is CC(C)(C)OC(=O)Nc1ccc(Cl)c([C@@H]2C[C@H]2N)c1. The number of hydrogen-bond acceptors (Lipinski definition) is 3. The predicted molar refractivity (Wildman–Crippen MR) is 76.6 cm³/mol. The van der Waals surface area contributed by atoms with Crippen LogP contribution in [0.4, 0.5) is 10.5 Å². The fourth-order valence-electron chi connectivity index (χ4n) is 1.90. The molecule has 0 aromatic heterocycles. The van der Waals surface area contributed by atoms with Crippen molar-refractivity contribution in [3.63, 3.8) is 0 Å². The number of carbonyl (C=O) groups is 1. The molecular weight excluding hydrogens is 264 g/mol. The molecule has 0 bridgehead atoms. The van der Waals surface area contributed by atoms with E-state index in [2.05, 4.69) is 5.32 Å². The lowest BCUT2D eigenvalue weighted by Crippen LogP contribution is -2.27. The molecule has 0 aliphatic heterocycles. The third kappa shape index (κ3) is 3.85. The summed E-state index contributed by atoms with van der Waals surface area (Å²) in [6, 6.07) is 5.57. The Morgan fingerprint density at radius 1 is 1.47 bits per heavy atom. The maximum Gasteiger partial charge on any atom is 0.412 e. The predicted octanol–water partition coefficient (Wildman–Crippen LogP) is 3.50. The second-order valence-electron chi connectivity index (χ2n) is 5.87. The first-order chi connectivity index (χ1) is 8.76. The summed E-state index contributed by atoms with van der Waals surface area (Å²) in [5.74, 6) is 0.299. The maximum absolute atomic E-state index is 11.7. The van der Waals surface area contributed by atoms with E-state index in [1.54, 1.807) is 12.1 Å². The monoisotopic (exact) mass is 282 g/mol. The van der Waals surface area contributed by atoms with Gasteiger partial charge < -0.3 is 10.5 Å². The summed E-state index contributed by atoms with van der Waals surface area (Å²) < 4.78 is 5.20. The highest BCUT2D eigenvalue weighted by Crippen LogP contribution is 2.43. The Labute approximate surface area is 118 Å². The van der Waals surface area contributed by atoms with Gasteiger partial charge in [-0.3, -0.25) is 5.32 Å². The van der Waals surface area contributed by atoms with Crippen LogP contribution in [-0.2, 0) is 4.74 Å². The molecule has 4 nitrogen and oxygen atoms in total. The van der Waals surface area contributed by atoms with E-state index in [1.165, 1.54) is 0 Å². The van der Waals surface area contributed by atoms with Crippen LogP contribution in [0.1, 0.15) is 38.7 Å². The molecule has 1 aliphatic rings. The van der Waals surface area contributed by atoms with Crippen LogP contribution in [0.3, 0.4) is 0 Å². The fourth-order valence-corrected chi connectivity index (χ4v) is 2.16. The van der Waals surface area contributed by atoms with Crippen molar-refractivity contribution in [3.05, 3.63) is 28.8 Å². The van der Waals surface area contributed by atoms with Gasteiger partial charge in [0.15, 0.2) is 0 Å². The van der Waals surface area contributed by atoms with Gasteiger partial charge in [-0.05, 0) is 51.0 Å². The molecule has 3 N–H and O–H groups in total. The van der Waals surface area contributed by atoms with Gasteiger partial charge in [0.05, 0.1) is 0 Å². The Balaban J connectivity index is 2.07. The zero-order valence-corrected chi connectivity index (χ0v) is 12.1. The molecule has 2 atom stereocenters. The molecule has 1 saturated carbocycles. The minimum atomic E-state index is -0.516. The number of halogens is 1. The van der Waals surface area contributed by atoms with Gasteiger partial charge in [-0.1, -0.05) is 11.6 Å². The topological polar surface area (TPSA) is 64.3 Å². The number of benzene rings is 1. The van der Waals surface area contributed by atoms with E-state index in [-0.39, 0.29) is 6.04 Å². The van der Waals surface area contributed by atoms with Crippen LogP contribution in [-0.4, -0.2) is 17.7 Å². The summed E-state index contributed by atoms with van der Waals surface area (Å²) in [6.07, 6.45) is 0.469. The van der Waals surface area contributed by atoms with Crippen LogP contribution in [0.2, 0.25) is 5.02 Å². The minimum Gasteiger partial charge on any atom is -0.444 e. The fraction of sp³-hybridized carbons (Fsp3) is 0.500. The van der Waals surface area contributed by atoms with Gasteiger partial charge in [-0.15, -0.1) is 0 Å². The Bertz CT molecular complexity index is 497. The maximum atomic E-state index is 11.7. The molecule has 1 aliphatic carbocycles. The van der Waals surface area contributed by atoms with E-state index in [9.17, 15) is 4.79 Å². The third-order valence-corrected chi connectivity index (χ3v) is 3.22. The van der Waals surface area contributed by atoms with Gasteiger partial charge in [0.25, 0.3) is 0 Å².